The number of nitrogens with one attached hydrogen (secondary N) is 2. The molecule has 1 aromatic rings. The van der Waals surface area contributed by atoms with Crippen LogP contribution in [0.25, 0.3) is 0 Å². The van der Waals surface area contributed by atoms with Crippen molar-refractivity contribution in [1.29, 1.82) is 0 Å². The van der Waals surface area contributed by atoms with Gasteiger partial charge in [0.25, 0.3) is 0 Å². The lowest BCUT2D eigenvalue weighted by Gasteiger charge is -2.19. The fourth-order valence-corrected chi connectivity index (χ4v) is 1.32. The van der Waals surface area contributed by atoms with Crippen LogP contribution in [0.1, 0.15) is 27.2 Å². The first-order chi connectivity index (χ1) is 9.26. The standard InChI is InChI=1S/C13H20N4O3/c1-13(2,3)20-12(19)15-8-7-11(18)17-10-6-4-5-9(14)16-10/h4-6H,7-8H2,1-3H3,(H,15,19)(H3,14,16,17,18). The maximum absolute atomic E-state index is 11.6. The van der Waals surface area contributed by atoms with Gasteiger partial charge in [-0.15, -0.1) is 0 Å². The van der Waals surface area contributed by atoms with E-state index in [9.17, 15) is 9.59 Å². The summed E-state index contributed by atoms with van der Waals surface area (Å²) in [6.07, 6.45) is -0.428. The predicted molar refractivity (Wildman–Crippen MR) is 76.1 cm³/mol. The summed E-state index contributed by atoms with van der Waals surface area (Å²) in [4.78, 5) is 26.9. The van der Waals surface area contributed by atoms with E-state index in [1.54, 1.807) is 39.0 Å². The monoisotopic (exact) mass is 280 g/mol. The lowest BCUT2D eigenvalue weighted by molar-refractivity contribution is -0.116. The molecular formula is C13H20N4O3. The molecule has 0 spiro atoms. The van der Waals surface area contributed by atoms with E-state index in [4.69, 9.17) is 10.5 Å². The van der Waals surface area contributed by atoms with Crippen LogP contribution in [-0.4, -0.2) is 29.1 Å². The first-order valence-corrected chi connectivity index (χ1v) is 6.25. The van der Waals surface area contributed by atoms with Gasteiger partial charge < -0.3 is 21.1 Å². The first kappa shape index (κ1) is 15.7. The van der Waals surface area contributed by atoms with E-state index in [2.05, 4.69) is 15.6 Å². The number of ether oxygens (including phenoxy) is 1. The molecule has 0 radical (unpaired) electrons. The quantitative estimate of drug-likeness (QED) is 0.775. The number of nitrogens with zero attached hydrogens (tertiary/aromatic N) is 1. The van der Waals surface area contributed by atoms with E-state index in [1.807, 2.05) is 0 Å². The molecule has 2 amide bonds. The molecule has 0 aliphatic heterocycles. The fraction of sp³-hybridized carbons (Fsp3) is 0.462. The Labute approximate surface area is 117 Å². The second-order valence-corrected chi connectivity index (χ2v) is 5.17. The zero-order valence-corrected chi connectivity index (χ0v) is 11.9. The number of alkyl carbamates (subject to hydrolysis) is 1. The first-order valence-electron chi connectivity index (χ1n) is 6.25. The molecule has 0 saturated carbocycles. The Balaban J connectivity index is 2.29. The topological polar surface area (TPSA) is 106 Å². The van der Waals surface area contributed by atoms with Crippen molar-refractivity contribution in [2.24, 2.45) is 0 Å². The summed E-state index contributed by atoms with van der Waals surface area (Å²) >= 11 is 0. The molecule has 1 aromatic heterocycles. The zero-order chi connectivity index (χ0) is 15.2. The van der Waals surface area contributed by atoms with Crippen LogP contribution in [0, 0.1) is 0 Å². The third-order valence-electron chi connectivity index (χ3n) is 2.06. The minimum Gasteiger partial charge on any atom is -0.444 e. The molecule has 0 saturated heterocycles. The minimum atomic E-state index is -0.558. The number of anilines is 2. The van der Waals surface area contributed by atoms with Crippen molar-refractivity contribution in [3.05, 3.63) is 18.2 Å². The molecule has 1 heterocycles. The van der Waals surface area contributed by atoms with Gasteiger partial charge in [-0.25, -0.2) is 9.78 Å². The van der Waals surface area contributed by atoms with E-state index in [1.165, 1.54) is 0 Å². The van der Waals surface area contributed by atoms with Crippen molar-refractivity contribution in [3.8, 4) is 0 Å². The van der Waals surface area contributed by atoms with Crippen LogP contribution >= 0.6 is 0 Å². The van der Waals surface area contributed by atoms with Crippen LogP contribution < -0.4 is 16.4 Å². The van der Waals surface area contributed by atoms with Crippen molar-refractivity contribution in [3.63, 3.8) is 0 Å². The van der Waals surface area contributed by atoms with Crippen LogP contribution in [-0.2, 0) is 9.53 Å². The zero-order valence-electron chi connectivity index (χ0n) is 11.9. The van der Waals surface area contributed by atoms with Gasteiger partial charge in [-0.3, -0.25) is 4.79 Å². The molecule has 0 atom stereocenters. The third kappa shape index (κ3) is 6.58. The summed E-state index contributed by atoms with van der Waals surface area (Å²) < 4.78 is 5.04. The summed E-state index contributed by atoms with van der Waals surface area (Å²) in [5, 5.41) is 5.08. The van der Waals surface area contributed by atoms with Gasteiger partial charge in [-0.1, -0.05) is 6.07 Å². The molecular weight excluding hydrogens is 260 g/mol. The van der Waals surface area contributed by atoms with Gasteiger partial charge >= 0.3 is 6.09 Å². The summed E-state index contributed by atoms with van der Waals surface area (Å²) in [6.45, 7) is 5.49. The number of hydrogen-bond acceptors (Lipinski definition) is 5. The Morgan fingerprint density at radius 2 is 2.05 bits per heavy atom. The predicted octanol–water partition coefficient (Wildman–Crippen LogP) is 1.52. The molecule has 7 heteroatoms. The number of carbonyl (C=O) groups is 2. The fourth-order valence-electron chi connectivity index (χ4n) is 1.32. The lowest BCUT2D eigenvalue weighted by atomic mass is 10.2. The number of amides is 2. The van der Waals surface area contributed by atoms with E-state index >= 15 is 0 Å². The maximum Gasteiger partial charge on any atom is 0.407 e. The Morgan fingerprint density at radius 3 is 2.65 bits per heavy atom. The SMILES string of the molecule is CC(C)(C)OC(=O)NCCC(=O)Nc1cccc(N)n1. The van der Waals surface area contributed by atoms with E-state index in [0.29, 0.717) is 11.6 Å². The van der Waals surface area contributed by atoms with Crippen molar-refractivity contribution in [1.82, 2.24) is 10.3 Å². The number of nitrogen functional groups attached to an aromatic ring is 1. The van der Waals surface area contributed by atoms with Crippen LogP contribution in [0.4, 0.5) is 16.4 Å². The smallest absolute Gasteiger partial charge is 0.407 e. The normalized spacial score (nSPS) is 10.8. The molecule has 20 heavy (non-hydrogen) atoms. The minimum absolute atomic E-state index is 0.121. The molecule has 0 unspecified atom stereocenters. The van der Waals surface area contributed by atoms with Gasteiger partial charge in [0, 0.05) is 13.0 Å². The summed E-state index contributed by atoms with van der Waals surface area (Å²) in [7, 11) is 0. The highest BCUT2D eigenvalue weighted by atomic mass is 16.6. The molecule has 110 valence electrons. The van der Waals surface area contributed by atoms with Crippen LogP contribution in [0.15, 0.2) is 18.2 Å². The van der Waals surface area contributed by atoms with Crippen molar-refractivity contribution >= 4 is 23.6 Å². The van der Waals surface area contributed by atoms with Crippen molar-refractivity contribution in [2.75, 3.05) is 17.6 Å². The highest BCUT2D eigenvalue weighted by Crippen LogP contribution is 2.07. The Morgan fingerprint density at radius 1 is 1.35 bits per heavy atom. The number of rotatable bonds is 4. The van der Waals surface area contributed by atoms with E-state index in [-0.39, 0.29) is 18.9 Å². The van der Waals surface area contributed by atoms with Crippen molar-refractivity contribution < 1.29 is 14.3 Å². The molecule has 0 fully saturated rings. The number of hydrogen-bond donors (Lipinski definition) is 3. The molecule has 1 rings (SSSR count). The van der Waals surface area contributed by atoms with Crippen molar-refractivity contribution in [2.45, 2.75) is 32.8 Å². The molecule has 0 aliphatic rings. The second-order valence-electron chi connectivity index (χ2n) is 5.17. The average molecular weight is 280 g/mol. The number of nitrogens with two attached hydrogens (primary N) is 1. The van der Waals surface area contributed by atoms with Gasteiger partial charge in [0.05, 0.1) is 0 Å². The number of pyridine rings is 1. The van der Waals surface area contributed by atoms with E-state index in [0.717, 1.165) is 0 Å². The van der Waals surface area contributed by atoms with E-state index < -0.39 is 11.7 Å². The van der Waals surface area contributed by atoms with Gasteiger partial charge in [-0.2, -0.15) is 0 Å². The van der Waals surface area contributed by atoms with Gasteiger partial charge in [0.15, 0.2) is 0 Å². The maximum atomic E-state index is 11.6. The Hall–Kier alpha value is -2.31. The lowest BCUT2D eigenvalue weighted by Crippen LogP contribution is -2.34. The second kappa shape index (κ2) is 6.74. The molecule has 0 aliphatic carbocycles. The highest BCUT2D eigenvalue weighted by Gasteiger charge is 2.15. The summed E-state index contributed by atoms with van der Waals surface area (Å²) in [6, 6.07) is 4.95. The molecule has 4 N–H and O–H groups in total. The third-order valence-corrected chi connectivity index (χ3v) is 2.06. The number of carbonyl (C=O) groups excluding carboxylic acids is 2. The van der Waals surface area contributed by atoms with Gasteiger partial charge in [-0.05, 0) is 32.9 Å². The van der Waals surface area contributed by atoms with Crippen LogP contribution in [0.3, 0.4) is 0 Å². The molecule has 0 aromatic carbocycles. The highest BCUT2D eigenvalue weighted by molar-refractivity contribution is 5.90. The Kier molecular flexibility index (Phi) is 5.31. The van der Waals surface area contributed by atoms with Crippen LogP contribution in [0.2, 0.25) is 0 Å². The number of aromatic nitrogens is 1. The van der Waals surface area contributed by atoms with Gasteiger partial charge in [0.1, 0.15) is 17.2 Å². The Bertz CT molecular complexity index is 483. The molecule has 0 bridgehead atoms. The largest absolute Gasteiger partial charge is 0.444 e. The average Bonchev–Trinajstić information content (AvgIpc) is 2.26. The van der Waals surface area contributed by atoms with Crippen LogP contribution in [0.5, 0.6) is 0 Å². The molecule has 7 nitrogen and oxygen atoms in total. The summed E-state index contributed by atoms with van der Waals surface area (Å²) in [5.41, 5.74) is 4.94. The van der Waals surface area contributed by atoms with Gasteiger partial charge in [0.2, 0.25) is 5.91 Å². The summed E-state index contributed by atoms with van der Waals surface area (Å²) in [5.74, 6) is 0.445.